The van der Waals surface area contributed by atoms with Gasteiger partial charge < -0.3 is 14.5 Å². The molecule has 3 aromatic carbocycles. The molecule has 34 heavy (non-hydrogen) atoms. The summed E-state index contributed by atoms with van der Waals surface area (Å²) in [6, 6.07) is 20.5. The average Bonchev–Trinajstić information content (AvgIpc) is 2.85. The molecule has 1 fully saturated rings. The minimum absolute atomic E-state index is 0.107. The van der Waals surface area contributed by atoms with E-state index in [-0.39, 0.29) is 17.4 Å². The van der Waals surface area contributed by atoms with Gasteiger partial charge in [0, 0.05) is 42.6 Å². The normalized spacial score (nSPS) is 14.1. The Labute approximate surface area is 205 Å². The van der Waals surface area contributed by atoms with Gasteiger partial charge in [0.1, 0.15) is 5.75 Å². The molecule has 178 valence electrons. The second-order valence-corrected chi connectivity index (χ2v) is 10.1. The Balaban J connectivity index is 1.28. The second-order valence-electron chi connectivity index (χ2n) is 8.03. The van der Waals surface area contributed by atoms with E-state index in [0.717, 1.165) is 11.3 Å². The summed E-state index contributed by atoms with van der Waals surface area (Å²) < 4.78 is 33.2. The first-order valence-corrected chi connectivity index (χ1v) is 12.8. The molecule has 0 saturated carbocycles. The number of piperazine rings is 1. The molecule has 1 aliphatic rings. The number of nitrogens with one attached hydrogen (secondary N) is 1. The summed E-state index contributed by atoms with van der Waals surface area (Å²) in [6.07, 6.45) is 0. The third kappa shape index (κ3) is 5.81. The number of hydrogen-bond acceptors (Lipinski definition) is 5. The van der Waals surface area contributed by atoms with Crippen molar-refractivity contribution in [3.63, 3.8) is 0 Å². The van der Waals surface area contributed by atoms with Gasteiger partial charge in [0.15, 0.2) is 6.61 Å². The van der Waals surface area contributed by atoms with Crippen LogP contribution in [0.4, 0.5) is 11.4 Å². The van der Waals surface area contributed by atoms with E-state index in [0.29, 0.717) is 42.6 Å². The second kappa shape index (κ2) is 10.4. The van der Waals surface area contributed by atoms with E-state index in [1.165, 1.54) is 12.1 Å². The first kappa shape index (κ1) is 23.9. The van der Waals surface area contributed by atoms with Gasteiger partial charge in [0.2, 0.25) is 0 Å². The highest BCUT2D eigenvalue weighted by Gasteiger charge is 2.23. The summed E-state index contributed by atoms with van der Waals surface area (Å²) in [5.74, 6) is 0.324. The largest absolute Gasteiger partial charge is 0.484 e. The molecule has 3 aromatic rings. The van der Waals surface area contributed by atoms with Gasteiger partial charge in [0.25, 0.3) is 15.9 Å². The molecule has 0 atom stereocenters. The molecule has 0 aliphatic carbocycles. The highest BCUT2D eigenvalue weighted by molar-refractivity contribution is 7.92. The maximum atomic E-state index is 12.6. The molecule has 1 heterocycles. The molecule has 0 aromatic heterocycles. The number of hydrogen-bond donors (Lipinski definition) is 1. The summed E-state index contributed by atoms with van der Waals surface area (Å²) in [7, 11) is -3.71. The maximum Gasteiger partial charge on any atom is 0.261 e. The van der Waals surface area contributed by atoms with Crippen molar-refractivity contribution in [1.29, 1.82) is 0 Å². The highest BCUT2D eigenvalue weighted by atomic mass is 35.5. The molecular formula is C25H26ClN3O4S. The fourth-order valence-electron chi connectivity index (χ4n) is 3.79. The summed E-state index contributed by atoms with van der Waals surface area (Å²) in [4.78, 5) is 16.7. The number of para-hydroxylation sites is 1. The van der Waals surface area contributed by atoms with Crippen molar-refractivity contribution in [3.8, 4) is 5.75 Å². The van der Waals surface area contributed by atoms with Gasteiger partial charge in [-0.05, 0) is 61.0 Å². The molecule has 4 rings (SSSR count). The van der Waals surface area contributed by atoms with Crippen LogP contribution in [0.15, 0.2) is 77.7 Å². The highest BCUT2D eigenvalue weighted by Crippen LogP contribution is 2.25. The number of nitrogens with zero attached hydrogens (tertiary/aromatic N) is 2. The predicted octanol–water partition coefficient (Wildman–Crippen LogP) is 4.18. The zero-order valence-electron chi connectivity index (χ0n) is 18.8. The van der Waals surface area contributed by atoms with Crippen LogP contribution in [0.5, 0.6) is 5.75 Å². The number of halogens is 1. The maximum absolute atomic E-state index is 12.6. The van der Waals surface area contributed by atoms with Crippen molar-refractivity contribution in [2.75, 3.05) is 42.4 Å². The molecule has 0 bridgehead atoms. The number of aryl methyl sites for hydroxylation is 1. The topological polar surface area (TPSA) is 79.0 Å². The van der Waals surface area contributed by atoms with Crippen molar-refractivity contribution in [3.05, 3.63) is 83.4 Å². The Hall–Kier alpha value is -3.23. The van der Waals surface area contributed by atoms with E-state index in [1.807, 2.05) is 31.2 Å². The molecule has 0 radical (unpaired) electrons. The number of carbonyl (C=O) groups is 1. The van der Waals surface area contributed by atoms with Crippen LogP contribution in [0.3, 0.4) is 0 Å². The van der Waals surface area contributed by atoms with Crippen molar-refractivity contribution in [2.45, 2.75) is 11.8 Å². The Morgan fingerprint density at radius 2 is 1.65 bits per heavy atom. The van der Waals surface area contributed by atoms with Gasteiger partial charge in [-0.25, -0.2) is 8.42 Å². The van der Waals surface area contributed by atoms with Crippen LogP contribution < -0.4 is 14.4 Å². The van der Waals surface area contributed by atoms with E-state index >= 15 is 0 Å². The average molecular weight is 500 g/mol. The Morgan fingerprint density at radius 3 is 2.32 bits per heavy atom. The van der Waals surface area contributed by atoms with Crippen LogP contribution in [0, 0.1) is 6.92 Å². The SMILES string of the molecule is Cc1ccc(Cl)cc1N1CCN(C(=O)COc2ccc(S(=O)(=O)Nc3ccccc3)cc2)CC1. The van der Waals surface area contributed by atoms with Gasteiger partial charge in [0.05, 0.1) is 4.90 Å². The molecule has 0 spiro atoms. The predicted molar refractivity (Wildman–Crippen MR) is 134 cm³/mol. The van der Waals surface area contributed by atoms with E-state index in [9.17, 15) is 13.2 Å². The van der Waals surface area contributed by atoms with Gasteiger partial charge in [-0.1, -0.05) is 35.9 Å². The number of rotatable bonds is 7. The lowest BCUT2D eigenvalue weighted by Gasteiger charge is -2.36. The summed E-state index contributed by atoms with van der Waals surface area (Å²) in [5.41, 5.74) is 2.73. The van der Waals surface area contributed by atoms with Crippen molar-refractivity contribution >= 4 is 38.9 Å². The molecule has 1 amide bonds. The number of ether oxygens (including phenoxy) is 1. The first-order valence-electron chi connectivity index (χ1n) is 10.9. The lowest BCUT2D eigenvalue weighted by atomic mass is 10.1. The molecular weight excluding hydrogens is 474 g/mol. The van der Waals surface area contributed by atoms with E-state index < -0.39 is 10.0 Å². The van der Waals surface area contributed by atoms with Gasteiger partial charge >= 0.3 is 0 Å². The third-order valence-corrected chi connectivity index (χ3v) is 7.30. The number of anilines is 2. The van der Waals surface area contributed by atoms with Crippen LogP contribution >= 0.6 is 11.6 Å². The Bertz CT molecular complexity index is 1240. The summed E-state index contributed by atoms with van der Waals surface area (Å²) in [6.45, 7) is 4.56. The van der Waals surface area contributed by atoms with Crippen LogP contribution in [-0.2, 0) is 14.8 Å². The lowest BCUT2D eigenvalue weighted by molar-refractivity contribution is -0.133. The minimum atomic E-state index is -3.71. The number of sulfonamides is 1. The Morgan fingerprint density at radius 1 is 0.971 bits per heavy atom. The minimum Gasteiger partial charge on any atom is -0.484 e. The van der Waals surface area contributed by atoms with Crippen LogP contribution in [0.1, 0.15) is 5.56 Å². The van der Waals surface area contributed by atoms with Crippen molar-refractivity contribution in [1.82, 2.24) is 4.90 Å². The van der Waals surface area contributed by atoms with Crippen molar-refractivity contribution < 1.29 is 17.9 Å². The number of carbonyl (C=O) groups excluding carboxylic acids is 1. The van der Waals surface area contributed by atoms with E-state index in [2.05, 4.69) is 9.62 Å². The smallest absolute Gasteiger partial charge is 0.261 e. The number of amides is 1. The van der Waals surface area contributed by atoms with Crippen molar-refractivity contribution in [2.24, 2.45) is 0 Å². The zero-order valence-corrected chi connectivity index (χ0v) is 20.3. The first-order chi connectivity index (χ1) is 16.3. The lowest BCUT2D eigenvalue weighted by Crippen LogP contribution is -2.50. The molecule has 1 saturated heterocycles. The fourth-order valence-corrected chi connectivity index (χ4v) is 5.02. The molecule has 7 nitrogen and oxygen atoms in total. The fraction of sp³-hybridized carbons (Fsp3) is 0.240. The molecule has 9 heteroatoms. The quantitative estimate of drug-likeness (QED) is 0.527. The monoisotopic (exact) mass is 499 g/mol. The molecule has 0 unspecified atom stereocenters. The van der Waals surface area contributed by atoms with E-state index in [4.69, 9.17) is 16.3 Å². The standard InChI is InChI=1S/C25H26ClN3O4S/c1-19-7-8-20(26)17-24(19)28-13-15-29(16-14-28)25(30)18-33-22-9-11-23(12-10-22)34(31,32)27-21-5-3-2-4-6-21/h2-12,17,27H,13-16,18H2,1H3. The Kier molecular flexibility index (Phi) is 7.29. The number of benzene rings is 3. The molecule has 1 aliphatic heterocycles. The molecule has 1 N–H and O–H groups in total. The third-order valence-electron chi connectivity index (χ3n) is 5.67. The van der Waals surface area contributed by atoms with Crippen LogP contribution in [0.25, 0.3) is 0 Å². The van der Waals surface area contributed by atoms with E-state index in [1.54, 1.807) is 41.3 Å². The summed E-state index contributed by atoms with van der Waals surface area (Å²) in [5, 5.41) is 0.696. The zero-order chi connectivity index (χ0) is 24.1. The van der Waals surface area contributed by atoms with Crippen LogP contribution in [-0.4, -0.2) is 52.0 Å². The van der Waals surface area contributed by atoms with Gasteiger partial charge in [-0.3, -0.25) is 9.52 Å². The van der Waals surface area contributed by atoms with Gasteiger partial charge in [-0.2, -0.15) is 0 Å². The summed E-state index contributed by atoms with van der Waals surface area (Å²) >= 11 is 6.14. The van der Waals surface area contributed by atoms with Crippen LogP contribution in [0.2, 0.25) is 5.02 Å². The van der Waals surface area contributed by atoms with Gasteiger partial charge in [-0.15, -0.1) is 0 Å².